The number of hydrogen-bond acceptors (Lipinski definition) is 2. The van der Waals surface area contributed by atoms with E-state index < -0.39 is 0 Å². The summed E-state index contributed by atoms with van der Waals surface area (Å²) in [5, 5.41) is 9.44. The second-order valence-electron chi connectivity index (χ2n) is 6.82. The Hall–Kier alpha value is -1.26. The van der Waals surface area contributed by atoms with Crippen molar-refractivity contribution in [3.05, 3.63) is 0 Å². The van der Waals surface area contributed by atoms with Gasteiger partial charge in [0.1, 0.15) is 0 Å². The van der Waals surface area contributed by atoms with Crippen LogP contribution in [0, 0.1) is 11.8 Å². The first-order chi connectivity index (χ1) is 10.5. The van der Waals surface area contributed by atoms with Crippen LogP contribution >= 0.6 is 0 Å². The first-order valence-electron chi connectivity index (χ1n) is 8.75. The van der Waals surface area contributed by atoms with Gasteiger partial charge < -0.3 is 16.0 Å². The molecule has 2 unspecified atom stereocenters. The van der Waals surface area contributed by atoms with E-state index in [2.05, 4.69) is 27.9 Å². The molecular weight excluding hydrogens is 276 g/mol. The summed E-state index contributed by atoms with van der Waals surface area (Å²) in [5.74, 6) is 2.61. The Morgan fingerprint density at radius 2 is 1.95 bits per heavy atom. The summed E-state index contributed by atoms with van der Waals surface area (Å²) in [6.07, 6.45) is 7.18. The molecule has 1 rings (SSSR count). The minimum Gasteiger partial charge on any atom is -0.356 e. The molecule has 5 nitrogen and oxygen atoms in total. The van der Waals surface area contributed by atoms with Gasteiger partial charge in [0.15, 0.2) is 5.96 Å². The Balaban J connectivity index is 2.13. The maximum atomic E-state index is 11.6. The molecule has 0 saturated heterocycles. The van der Waals surface area contributed by atoms with Crippen molar-refractivity contribution in [1.82, 2.24) is 16.0 Å². The molecule has 3 N–H and O–H groups in total. The molecule has 0 heterocycles. The van der Waals surface area contributed by atoms with E-state index in [4.69, 9.17) is 0 Å². The highest BCUT2D eigenvalue weighted by molar-refractivity contribution is 5.81. The van der Waals surface area contributed by atoms with E-state index >= 15 is 0 Å². The van der Waals surface area contributed by atoms with E-state index in [9.17, 15) is 4.79 Å². The number of carbonyl (C=O) groups is 1. The number of rotatable bonds is 7. The van der Waals surface area contributed by atoms with Crippen LogP contribution in [-0.4, -0.2) is 38.0 Å². The second-order valence-corrected chi connectivity index (χ2v) is 6.82. The molecule has 0 aromatic heterocycles. The largest absolute Gasteiger partial charge is 0.356 e. The number of aliphatic imine (C=N–C) groups is 1. The van der Waals surface area contributed by atoms with Crippen molar-refractivity contribution < 1.29 is 4.79 Å². The lowest BCUT2D eigenvalue weighted by molar-refractivity contribution is -0.121. The molecule has 0 spiro atoms. The standard InChI is InChI=1S/C17H34N4O/c1-13(2)21-16(22)9-11-20-17(18-4)19-10-8-15-7-5-6-14(3)12-15/h13-15H,5-12H2,1-4H3,(H,21,22)(H2,18,19,20). The third-order valence-electron chi connectivity index (χ3n) is 4.21. The summed E-state index contributed by atoms with van der Waals surface area (Å²) in [4.78, 5) is 15.8. The van der Waals surface area contributed by atoms with E-state index in [-0.39, 0.29) is 11.9 Å². The van der Waals surface area contributed by atoms with Gasteiger partial charge in [0, 0.05) is 32.6 Å². The summed E-state index contributed by atoms with van der Waals surface area (Å²) >= 11 is 0. The molecule has 0 aromatic rings. The maximum absolute atomic E-state index is 11.6. The number of amides is 1. The van der Waals surface area contributed by atoms with Crippen LogP contribution in [0.4, 0.5) is 0 Å². The number of nitrogens with one attached hydrogen (secondary N) is 3. The maximum Gasteiger partial charge on any atom is 0.221 e. The molecule has 128 valence electrons. The van der Waals surface area contributed by atoms with E-state index in [1.54, 1.807) is 7.05 Å². The molecule has 22 heavy (non-hydrogen) atoms. The zero-order chi connectivity index (χ0) is 16.4. The molecular formula is C17H34N4O. The molecule has 1 aliphatic carbocycles. The molecule has 0 bridgehead atoms. The Kier molecular flexibility index (Phi) is 8.94. The number of hydrogen-bond donors (Lipinski definition) is 3. The third-order valence-corrected chi connectivity index (χ3v) is 4.21. The topological polar surface area (TPSA) is 65.5 Å². The molecule has 0 aromatic carbocycles. The molecule has 0 aliphatic heterocycles. The lowest BCUT2D eigenvalue weighted by Gasteiger charge is -2.26. The van der Waals surface area contributed by atoms with Crippen LogP contribution in [0.2, 0.25) is 0 Å². The van der Waals surface area contributed by atoms with Gasteiger partial charge >= 0.3 is 0 Å². The van der Waals surface area contributed by atoms with Gasteiger partial charge in [-0.2, -0.15) is 0 Å². The zero-order valence-electron chi connectivity index (χ0n) is 14.7. The first kappa shape index (κ1) is 18.8. The Morgan fingerprint density at radius 1 is 1.23 bits per heavy atom. The van der Waals surface area contributed by atoms with Crippen molar-refractivity contribution in [2.45, 2.75) is 65.3 Å². The summed E-state index contributed by atoms with van der Waals surface area (Å²) in [5.41, 5.74) is 0. The summed E-state index contributed by atoms with van der Waals surface area (Å²) in [6.45, 7) is 7.87. The van der Waals surface area contributed by atoms with E-state index in [0.717, 1.165) is 24.3 Å². The number of guanidine groups is 1. The third kappa shape index (κ3) is 8.25. The van der Waals surface area contributed by atoms with Crippen LogP contribution < -0.4 is 16.0 Å². The lowest BCUT2D eigenvalue weighted by Crippen LogP contribution is -2.40. The van der Waals surface area contributed by atoms with E-state index in [1.165, 1.54) is 32.1 Å². The van der Waals surface area contributed by atoms with Crippen LogP contribution in [0.1, 0.15) is 59.3 Å². The molecule has 2 atom stereocenters. The fourth-order valence-electron chi connectivity index (χ4n) is 3.13. The minimum absolute atomic E-state index is 0.0779. The smallest absolute Gasteiger partial charge is 0.221 e. The summed E-state index contributed by atoms with van der Waals surface area (Å²) in [6, 6.07) is 0.197. The van der Waals surface area contributed by atoms with Gasteiger partial charge in [-0.05, 0) is 38.5 Å². The van der Waals surface area contributed by atoms with E-state index in [1.807, 2.05) is 13.8 Å². The predicted molar refractivity (Wildman–Crippen MR) is 93.0 cm³/mol. The van der Waals surface area contributed by atoms with Crippen molar-refractivity contribution in [1.29, 1.82) is 0 Å². The van der Waals surface area contributed by atoms with Crippen molar-refractivity contribution >= 4 is 11.9 Å². The Labute approximate surface area is 135 Å². The van der Waals surface area contributed by atoms with E-state index in [0.29, 0.717) is 13.0 Å². The number of carbonyl (C=O) groups excluding carboxylic acids is 1. The summed E-state index contributed by atoms with van der Waals surface area (Å²) < 4.78 is 0. The highest BCUT2D eigenvalue weighted by Crippen LogP contribution is 2.30. The molecule has 5 heteroatoms. The normalized spacial score (nSPS) is 22.5. The zero-order valence-corrected chi connectivity index (χ0v) is 14.7. The minimum atomic E-state index is 0.0779. The quantitative estimate of drug-likeness (QED) is 0.499. The van der Waals surface area contributed by atoms with Gasteiger partial charge in [-0.1, -0.05) is 26.2 Å². The van der Waals surface area contributed by atoms with Gasteiger partial charge in [0.25, 0.3) is 0 Å². The van der Waals surface area contributed by atoms with Crippen molar-refractivity contribution in [2.75, 3.05) is 20.1 Å². The average molecular weight is 310 g/mol. The summed E-state index contributed by atoms with van der Waals surface area (Å²) in [7, 11) is 1.77. The Bertz CT molecular complexity index is 355. The van der Waals surface area contributed by atoms with Gasteiger partial charge in [-0.3, -0.25) is 9.79 Å². The predicted octanol–water partition coefficient (Wildman–Crippen LogP) is 2.28. The average Bonchev–Trinajstić information content (AvgIpc) is 2.45. The van der Waals surface area contributed by atoms with Gasteiger partial charge in [-0.25, -0.2) is 0 Å². The fourth-order valence-corrected chi connectivity index (χ4v) is 3.13. The van der Waals surface area contributed by atoms with Gasteiger partial charge in [-0.15, -0.1) is 0 Å². The lowest BCUT2D eigenvalue weighted by atomic mass is 9.81. The molecule has 1 amide bonds. The van der Waals surface area contributed by atoms with Crippen LogP contribution in [0.15, 0.2) is 4.99 Å². The van der Waals surface area contributed by atoms with Crippen LogP contribution in [0.25, 0.3) is 0 Å². The van der Waals surface area contributed by atoms with Gasteiger partial charge in [0.2, 0.25) is 5.91 Å². The Morgan fingerprint density at radius 3 is 2.59 bits per heavy atom. The van der Waals surface area contributed by atoms with Crippen LogP contribution in [0.5, 0.6) is 0 Å². The van der Waals surface area contributed by atoms with Crippen molar-refractivity contribution in [3.63, 3.8) is 0 Å². The highest BCUT2D eigenvalue weighted by atomic mass is 16.1. The molecule has 0 radical (unpaired) electrons. The SMILES string of the molecule is CN=C(NCCC(=O)NC(C)C)NCCC1CCCC(C)C1. The monoisotopic (exact) mass is 310 g/mol. The fraction of sp³-hybridized carbons (Fsp3) is 0.882. The van der Waals surface area contributed by atoms with Gasteiger partial charge in [0.05, 0.1) is 0 Å². The number of nitrogens with zero attached hydrogens (tertiary/aromatic N) is 1. The second kappa shape index (κ2) is 10.5. The highest BCUT2D eigenvalue weighted by Gasteiger charge is 2.18. The van der Waals surface area contributed by atoms with Crippen LogP contribution in [-0.2, 0) is 4.79 Å². The first-order valence-corrected chi connectivity index (χ1v) is 8.75. The van der Waals surface area contributed by atoms with Crippen LogP contribution in [0.3, 0.4) is 0 Å². The van der Waals surface area contributed by atoms with Crippen molar-refractivity contribution in [3.8, 4) is 0 Å². The molecule has 1 aliphatic rings. The van der Waals surface area contributed by atoms with Crippen molar-refractivity contribution in [2.24, 2.45) is 16.8 Å². The molecule has 1 fully saturated rings. The molecule has 1 saturated carbocycles.